The number of hydrogen-bond acceptors (Lipinski definition) is 4. The molecule has 0 aliphatic heterocycles. The minimum atomic E-state index is 0.188. The Balaban J connectivity index is 2.38. The highest BCUT2D eigenvalue weighted by molar-refractivity contribution is 5.57. The van der Waals surface area contributed by atoms with Crippen molar-refractivity contribution in [3.8, 4) is 17.3 Å². The van der Waals surface area contributed by atoms with Crippen molar-refractivity contribution in [3.63, 3.8) is 0 Å². The second-order valence-corrected chi connectivity index (χ2v) is 2.96. The highest BCUT2D eigenvalue weighted by Crippen LogP contribution is 2.14. The largest absolute Gasteiger partial charge is 0.228 e. The van der Waals surface area contributed by atoms with Crippen LogP contribution in [-0.2, 0) is 6.42 Å². The topological polar surface area (TPSA) is 62.5 Å². The van der Waals surface area contributed by atoms with Gasteiger partial charge in [-0.15, -0.1) is 5.10 Å². The molecule has 4 heteroatoms. The zero-order valence-electron chi connectivity index (χ0n) is 7.96. The number of benzene rings is 1. The lowest BCUT2D eigenvalue weighted by atomic mass is 10.2. The van der Waals surface area contributed by atoms with Crippen LogP contribution in [-0.4, -0.2) is 15.2 Å². The van der Waals surface area contributed by atoms with E-state index in [2.05, 4.69) is 15.2 Å². The number of nitriles is 1. The second kappa shape index (κ2) is 4.29. The minimum Gasteiger partial charge on any atom is -0.228 e. The minimum absolute atomic E-state index is 0.188. The summed E-state index contributed by atoms with van der Waals surface area (Å²) in [6.45, 7) is 0. The number of nitrogens with zero attached hydrogens (tertiary/aromatic N) is 4. The van der Waals surface area contributed by atoms with Crippen LogP contribution in [0.25, 0.3) is 11.3 Å². The van der Waals surface area contributed by atoms with E-state index in [1.807, 2.05) is 36.4 Å². The predicted molar refractivity (Wildman–Crippen MR) is 54.6 cm³/mol. The normalized spacial score (nSPS) is 9.53. The van der Waals surface area contributed by atoms with Crippen molar-refractivity contribution in [2.24, 2.45) is 0 Å². The number of hydrogen-bond donors (Lipinski definition) is 0. The average molecular weight is 196 g/mol. The van der Waals surface area contributed by atoms with Gasteiger partial charge >= 0.3 is 0 Å². The molecule has 2 aromatic rings. The Hall–Kier alpha value is -2.28. The molecule has 0 saturated carbocycles. The van der Waals surface area contributed by atoms with Crippen LogP contribution in [0.2, 0.25) is 0 Å². The monoisotopic (exact) mass is 196 g/mol. The maximum absolute atomic E-state index is 8.52. The molecular formula is C11H8N4. The van der Waals surface area contributed by atoms with E-state index < -0.39 is 0 Å². The summed E-state index contributed by atoms with van der Waals surface area (Å²) >= 11 is 0. The van der Waals surface area contributed by atoms with Gasteiger partial charge in [0.05, 0.1) is 24.4 Å². The third-order valence-corrected chi connectivity index (χ3v) is 1.91. The van der Waals surface area contributed by atoms with Gasteiger partial charge in [0.15, 0.2) is 5.82 Å². The summed E-state index contributed by atoms with van der Waals surface area (Å²) in [5.74, 6) is 0.457. The van der Waals surface area contributed by atoms with E-state index in [1.165, 1.54) is 0 Å². The first-order chi connectivity index (χ1) is 7.40. The standard InChI is InChI=1S/C11H8N4/c12-7-6-11-14-10(8-13-15-11)9-4-2-1-3-5-9/h1-5,8H,6H2. The highest BCUT2D eigenvalue weighted by atomic mass is 15.1. The Kier molecular flexibility index (Phi) is 2.65. The van der Waals surface area contributed by atoms with Gasteiger partial charge in [-0.05, 0) is 0 Å². The zero-order chi connectivity index (χ0) is 10.5. The van der Waals surface area contributed by atoms with Crippen molar-refractivity contribution in [1.82, 2.24) is 15.2 Å². The summed E-state index contributed by atoms with van der Waals surface area (Å²) in [5.41, 5.74) is 1.72. The fourth-order valence-corrected chi connectivity index (χ4v) is 1.23. The van der Waals surface area contributed by atoms with Gasteiger partial charge in [0.25, 0.3) is 0 Å². The number of aromatic nitrogens is 3. The molecule has 0 saturated heterocycles. The Bertz CT molecular complexity index is 487. The van der Waals surface area contributed by atoms with Crippen molar-refractivity contribution < 1.29 is 0 Å². The van der Waals surface area contributed by atoms with Crippen molar-refractivity contribution in [2.75, 3.05) is 0 Å². The predicted octanol–water partition coefficient (Wildman–Crippen LogP) is 1.60. The zero-order valence-corrected chi connectivity index (χ0v) is 7.96. The molecule has 1 heterocycles. The Morgan fingerprint density at radius 1 is 1.20 bits per heavy atom. The summed E-state index contributed by atoms with van der Waals surface area (Å²) in [6.07, 6.45) is 1.78. The second-order valence-electron chi connectivity index (χ2n) is 2.96. The van der Waals surface area contributed by atoms with Crippen molar-refractivity contribution in [1.29, 1.82) is 5.26 Å². The summed E-state index contributed by atoms with van der Waals surface area (Å²) in [6, 6.07) is 11.7. The Morgan fingerprint density at radius 3 is 2.73 bits per heavy atom. The summed E-state index contributed by atoms with van der Waals surface area (Å²) in [5, 5.41) is 16.1. The summed E-state index contributed by atoms with van der Waals surface area (Å²) in [7, 11) is 0. The van der Waals surface area contributed by atoms with Gasteiger partial charge < -0.3 is 0 Å². The van der Waals surface area contributed by atoms with Crippen LogP contribution in [0.15, 0.2) is 36.5 Å². The van der Waals surface area contributed by atoms with Gasteiger partial charge in [-0.3, -0.25) is 0 Å². The molecule has 0 atom stereocenters. The third-order valence-electron chi connectivity index (χ3n) is 1.91. The molecule has 0 fully saturated rings. The van der Waals surface area contributed by atoms with E-state index in [1.54, 1.807) is 6.20 Å². The van der Waals surface area contributed by atoms with E-state index in [-0.39, 0.29) is 6.42 Å². The molecule has 72 valence electrons. The molecule has 0 unspecified atom stereocenters. The summed E-state index contributed by atoms with van der Waals surface area (Å²) < 4.78 is 0. The van der Waals surface area contributed by atoms with Crippen LogP contribution in [0, 0.1) is 11.3 Å². The van der Waals surface area contributed by atoms with Crippen LogP contribution in [0.1, 0.15) is 5.82 Å². The first-order valence-corrected chi connectivity index (χ1v) is 4.51. The molecule has 0 N–H and O–H groups in total. The first kappa shape index (κ1) is 9.28. The van der Waals surface area contributed by atoms with Crippen molar-refractivity contribution in [2.45, 2.75) is 6.42 Å². The molecule has 1 aromatic heterocycles. The fourth-order valence-electron chi connectivity index (χ4n) is 1.23. The quantitative estimate of drug-likeness (QED) is 0.731. The molecule has 0 bridgehead atoms. The number of rotatable bonds is 2. The fraction of sp³-hybridized carbons (Fsp3) is 0.0909. The molecule has 0 spiro atoms. The van der Waals surface area contributed by atoms with Gasteiger partial charge in [0.1, 0.15) is 0 Å². The lowest BCUT2D eigenvalue weighted by molar-refractivity contribution is 0.882. The van der Waals surface area contributed by atoms with Gasteiger partial charge in [-0.2, -0.15) is 10.4 Å². The van der Waals surface area contributed by atoms with Crippen LogP contribution in [0.4, 0.5) is 0 Å². The SMILES string of the molecule is N#CCc1nncc(-c2ccccc2)n1. The molecule has 0 amide bonds. The molecule has 4 nitrogen and oxygen atoms in total. The smallest absolute Gasteiger partial charge is 0.165 e. The Labute approximate surface area is 87.2 Å². The maximum Gasteiger partial charge on any atom is 0.165 e. The van der Waals surface area contributed by atoms with Crippen LogP contribution in [0.3, 0.4) is 0 Å². The molecule has 0 aliphatic rings. The lowest BCUT2D eigenvalue weighted by Crippen LogP contribution is -1.97. The van der Waals surface area contributed by atoms with Gasteiger partial charge in [0, 0.05) is 5.56 Å². The molecular weight excluding hydrogens is 188 g/mol. The average Bonchev–Trinajstić information content (AvgIpc) is 2.31. The van der Waals surface area contributed by atoms with E-state index in [9.17, 15) is 0 Å². The summed E-state index contributed by atoms with van der Waals surface area (Å²) in [4.78, 5) is 4.24. The van der Waals surface area contributed by atoms with Crippen LogP contribution in [0.5, 0.6) is 0 Å². The molecule has 1 aromatic carbocycles. The van der Waals surface area contributed by atoms with E-state index in [4.69, 9.17) is 5.26 Å². The molecule has 0 aliphatic carbocycles. The maximum atomic E-state index is 8.52. The lowest BCUT2D eigenvalue weighted by Gasteiger charge is -1.99. The van der Waals surface area contributed by atoms with Crippen LogP contribution >= 0.6 is 0 Å². The van der Waals surface area contributed by atoms with E-state index in [0.29, 0.717) is 5.82 Å². The molecule has 0 radical (unpaired) electrons. The van der Waals surface area contributed by atoms with Crippen LogP contribution < -0.4 is 0 Å². The first-order valence-electron chi connectivity index (χ1n) is 4.51. The van der Waals surface area contributed by atoms with E-state index >= 15 is 0 Å². The van der Waals surface area contributed by atoms with Crippen molar-refractivity contribution in [3.05, 3.63) is 42.4 Å². The molecule has 15 heavy (non-hydrogen) atoms. The molecule has 2 rings (SSSR count). The van der Waals surface area contributed by atoms with Gasteiger partial charge in [-0.25, -0.2) is 4.98 Å². The van der Waals surface area contributed by atoms with Crippen molar-refractivity contribution >= 4 is 0 Å². The van der Waals surface area contributed by atoms with Gasteiger partial charge in [-0.1, -0.05) is 30.3 Å². The highest BCUT2D eigenvalue weighted by Gasteiger charge is 2.01. The van der Waals surface area contributed by atoms with Gasteiger partial charge in [0.2, 0.25) is 0 Å². The Morgan fingerprint density at radius 2 is 2.00 bits per heavy atom. The van der Waals surface area contributed by atoms with E-state index in [0.717, 1.165) is 11.3 Å². The third kappa shape index (κ3) is 2.15.